The van der Waals surface area contributed by atoms with Crippen LogP contribution >= 0.6 is 0 Å². The Kier molecular flexibility index (Phi) is 5.59. The average Bonchev–Trinajstić information content (AvgIpc) is 3.05. The molecule has 144 valence electrons. The van der Waals surface area contributed by atoms with Gasteiger partial charge in [-0.3, -0.25) is 4.79 Å². The normalized spacial score (nSPS) is 10.5. The van der Waals surface area contributed by atoms with E-state index in [4.69, 9.17) is 13.9 Å². The van der Waals surface area contributed by atoms with Gasteiger partial charge in [0.2, 0.25) is 5.76 Å². The highest BCUT2D eigenvalue weighted by atomic mass is 16.5. The van der Waals surface area contributed by atoms with Crippen molar-refractivity contribution in [1.82, 2.24) is 0 Å². The number of rotatable bonds is 6. The summed E-state index contributed by atoms with van der Waals surface area (Å²) in [5.41, 5.74) is 0.744. The van der Waals surface area contributed by atoms with Crippen LogP contribution in [-0.4, -0.2) is 36.2 Å². The zero-order valence-corrected chi connectivity index (χ0v) is 14.9. The third kappa shape index (κ3) is 4.12. The summed E-state index contributed by atoms with van der Waals surface area (Å²) in [5, 5.41) is 12.3. The molecule has 0 unspecified atom stereocenters. The lowest BCUT2D eigenvalue weighted by molar-refractivity contribution is -0.119. The van der Waals surface area contributed by atoms with E-state index in [1.165, 1.54) is 24.3 Å². The second kappa shape index (κ2) is 8.26. The van der Waals surface area contributed by atoms with Crippen molar-refractivity contribution in [3.8, 4) is 5.75 Å². The standard InChI is InChI=1S/C20H17NO7/c1-2-26-20(25)18-17(14-5-3-4-6-15(14)28-18)21-16(23)11-27-19(24)12-7-9-13(22)10-8-12/h3-10,22H,2,11H2,1H3,(H,21,23). The molecule has 0 aliphatic carbocycles. The summed E-state index contributed by atoms with van der Waals surface area (Å²) in [6.07, 6.45) is 0. The number of furan rings is 1. The number of anilines is 1. The predicted octanol–water partition coefficient (Wildman–Crippen LogP) is 3.11. The Balaban J connectivity index is 1.73. The molecule has 2 N–H and O–H groups in total. The maximum Gasteiger partial charge on any atom is 0.376 e. The van der Waals surface area contributed by atoms with Gasteiger partial charge in [0.25, 0.3) is 5.91 Å². The Morgan fingerprint density at radius 1 is 1.00 bits per heavy atom. The van der Waals surface area contributed by atoms with Gasteiger partial charge in [0.05, 0.1) is 12.2 Å². The molecule has 0 saturated carbocycles. The molecule has 3 aromatic rings. The van der Waals surface area contributed by atoms with Crippen LogP contribution in [0.2, 0.25) is 0 Å². The molecule has 0 fully saturated rings. The summed E-state index contributed by atoms with van der Waals surface area (Å²) >= 11 is 0. The maximum atomic E-state index is 12.3. The number of hydrogen-bond acceptors (Lipinski definition) is 7. The molecule has 3 rings (SSSR count). The van der Waals surface area contributed by atoms with E-state index in [2.05, 4.69) is 5.32 Å². The third-order valence-electron chi connectivity index (χ3n) is 3.76. The van der Waals surface area contributed by atoms with E-state index in [1.807, 2.05) is 0 Å². The van der Waals surface area contributed by atoms with E-state index >= 15 is 0 Å². The van der Waals surface area contributed by atoms with Crippen molar-refractivity contribution in [1.29, 1.82) is 0 Å². The van der Waals surface area contributed by atoms with Crippen molar-refractivity contribution >= 4 is 34.5 Å². The van der Waals surface area contributed by atoms with Gasteiger partial charge in [0.1, 0.15) is 17.0 Å². The van der Waals surface area contributed by atoms with E-state index in [0.717, 1.165) is 0 Å². The van der Waals surface area contributed by atoms with Gasteiger partial charge in [0, 0.05) is 5.39 Å². The minimum atomic E-state index is -0.724. The molecule has 1 amide bonds. The highest BCUT2D eigenvalue weighted by Crippen LogP contribution is 2.31. The van der Waals surface area contributed by atoms with E-state index in [0.29, 0.717) is 11.0 Å². The predicted molar refractivity (Wildman–Crippen MR) is 99.2 cm³/mol. The highest BCUT2D eigenvalue weighted by molar-refractivity contribution is 6.09. The summed E-state index contributed by atoms with van der Waals surface area (Å²) in [6, 6.07) is 12.2. The van der Waals surface area contributed by atoms with Gasteiger partial charge in [-0.05, 0) is 43.3 Å². The Bertz CT molecular complexity index is 1020. The zero-order valence-electron chi connectivity index (χ0n) is 14.9. The maximum absolute atomic E-state index is 12.3. The molecule has 0 radical (unpaired) electrons. The van der Waals surface area contributed by atoms with Gasteiger partial charge in [0.15, 0.2) is 6.61 Å². The summed E-state index contributed by atoms with van der Waals surface area (Å²) in [5.74, 6) is -2.22. The van der Waals surface area contributed by atoms with Crippen LogP contribution in [0.1, 0.15) is 27.8 Å². The molecule has 1 aromatic heterocycles. The van der Waals surface area contributed by atoms with Gasteiger partial charge in [-0.15, -0.1) is 0 Å². The first-order valence-electron chi connectivity index (χ1n) is 8.44. The summed E-state index contributed by atoms with van der Waals surface area (Å²) in [6.45, 7) is 1.23. The van der Waals surface area contributed by atoms with Gasteiger partial charge in [-0.2, -0.15) is 0 Å². The molecular formula is C20H17NO7. The van der Waals surface area contributed by atoms with Gasteiger partial charge in [-0.25, -0.2) is 9.59 Å². The number of benzene rings is 2. The fourth-order valence-electron chi connectivity index (χ4n) is 2.50. The molecule has 0 atom stereocenters. The van der Waals surface area contributed by atoms with Crippen LogP contribution in [0.15, 0.2) is 52.9 Å². The second-order valence-electron chi connectivity index (χ2n) is 5.69. The summed E-state index contributed by atoms with van der Waals surface area (Å²) in [4.78, 5) is 36.3. The molecule has 0 bridgehead atoms. The fourth-order valence-corrected chi connectivity index (χ4v) is 2.50. The minimum Gasteiger partial charge on any atom is -0.508 e. The molecule has 0 saturated heterocycles. The number of phenols is 1. The van der Waals surface area contributed by atoms with Crippen LogP contribution in [0.4, 0.5) is 5.69 Å². The lowest BCUT2D eigenvalue weighted by Gasteiger charge is -2.07. The lowest BCUT2D eigenvalue weighted by atomic mass is 10.2. The van der Waals surface area contributed by atoms with Crippen LogP contribution in [0.25, 0.3) is 11.0 Å². The molecule has 28 heavy (non-hydrogen) atoms. The number of esters is 2. The minimum absolute atomic E-state index is 0.00706. The molecule has 0 aliphatic heterocycles. The van der Waals surface area contributed by atoms with E-state index < -0.39 is 24.5 Å². The van der Waals surface area contributed by atoms with Crippen molar-refractivity contribution in [3.63, 3.8) is 0 Å². The first-order valence-corrected chi connectivity index (χ1v) is 8.44. The number of para-hydroxylation sites is 1. The number of fused-ring (bicyclic) bond motifs is 1. The monoisotopic (exact) mass is 383 g/mol. The Morgan fingerprint density at radius 2 is 1.71 bits per heavy atom. The third-order valence-corrected chi connectivity index (χ3v) is 3.76. The number of nitrogens with one attached hydrogen (secondary N) is 1. The average molecular weight is 383 g/mol. The second-order valence-corrected chi connectivity index (χ2v) is 5.69. The van der Waals surface area contributed by atoms with E-state index in [-0.39, 0.29) is 29.4 Å². The highest BCUT2D eigenvalue weighted by Gasteiger charge is 2.23. The molecule has 1 heterocycles. The van der Waals surface area contributed by atoms with E-state index in [1.54, 1.807) is 31.2 Å². The van der Waals surface area contributed by atoms with Crippen LogP contribution in [0, 0.1) is 0 Å². The summed E-state index contributed by atoms with van der Waals surface area (Å²) < 4.78 is 15.4. The summed E-state index contributed by atoms with van der Waals surface area (Å²) in [7, 11) is 0. The quantitative estimate of drug-likeness (QED) is 0.629. The largest absolute Gasteiger partial charge is 0.508 e. The molecular weight excluding hydrogens is 366 g/mol. The SMILES string of the molecule is CCOC(=O)c1oc2ccccc2c1NC(=O)COC(=O)c1ccc(O)cc1. The fraction of sp³-hybridized carbons (Fsp3) is 0.150. The number of hydrogen-bond donors (Lipinski definition) is 2. The first kappa shape index (κ1) is 19.0. The number of phenolic OH excluding ortho intramolecular Hbond substituents is 1. The smallest absolute Gasteiger partial charge is 0.376 e. The van der Waals surface area contributed by atoms with Crippen LogP contribution < -0.4 is 5.32 Å². The Labute approximate surface area is 159 Å². The van der Waals surface area contributed by atoms with Crippen molar-refractivity contribution in [3.05, 3.63) is 59.9 Å². The van der Waals surface area contributed by atoms with Crippen LogP contribution in [0.3, 0.4) is 0 Å². The van der Waals surface area contributed by atoms with Gasteiger partial charge in [-0.1, -0.05) is 12.1 Å². The van der Waals surface area contributed by atoms with Crippen LogP contribution in [0.5, 0.6) is 5.75 Å². The van der Waals surface area contributed by atoms with Crippen molar-refractivity contribution < 1.29 is 33.4 Å². The Hall–Kier alpha value is -3.81. The van der Waals surface area contributed by atoms with Crippen molar-refractivity contribution in [2.75, 3.05) is 18.5 Å². The van der Waals surface area contributed by atoms with Crippen molar-refractivity contribution in [2.24, 2.45) is 0 Å². The molecule has 8 nitrogen and oxygen atoms in total. The van der Waals surface area contributed by atoms with Gasteiger partial charge < -0.3 is 24.3 Å². The number of carbonyl (C=O) groups is 3. The van der Waals surface area contributed by atoms with Crippen LogP contribution in [-0.2, 0) is 14.3 Å². The van der Waals surface area contributed by atoms with Crippen molar-refractivity contribution in [2.45, 2.75) is 6.92 Å². The first-order chi connectivity index (χ1) is 13.5. The molecule has 0 aliphatic rings. The lowest BCUT2D eigenvalue weighted by Crippen LogP contribution is -2.22. The molecule has 2 aromatic carbocycles. The number of aromatic hydroxyl groups is 1. The number of amides is 1. The zero-order chi connectivity index (χ0) is 20.1. The Morgan fingerprint density at radius 3 is 2.43 bits per heavy atom. The topological polar surface area (TPSA) is 115 Å². The number of carbonyl (C=O) groups excluding carboxylic acids is 3. The van der Waals surface area contributed by atoms with E-state index in [9.17, 15) is 19.5 Å². The molecule has 0 spiro atoms. The van der Waals surface area contributed by atoms with Gasteiger partial charge >= 0.3 is 11.9 Å². The number of ether oxygens (including phenoxy) is 2. The molecule has 8 heteroatoms.